The lowest BCUT2D eigenvalue weighted by Crippen LogP contribution is -2.17. The van der Waals surface area contributed by atoms with Crippen LogP contribution >= 0.6 is 15.9 Å². The lowest BCUT2D eigenvalue weighted by Gasteiger charge is -2.05. The van der Waals surface area contributed by atoms with Crippen molar-refractivity contribution in [2.75, 3.05) is 0 Å². The van der Waals surface area contributed by atoms with Crippen molar-refractivity contribution >= 4 is 15.9 Å². The summed E-state index contributed by atoms with van der Waals surface area (Å²) < 4.78 is 0.718. The van der Waals surface area contributed by atoms with Crippen LogP contribution in [-0.4, -0.2) is 11.1 Å². The molecule has 1 aromatic carbocycles. The number of halogens is 1. The van der Waals surface area contributed by atoms with Crippen molar-refractivity contribution in [3.63, 3.8) is 0 Å². The van der Waals surface area contributed by atoms with Crippen LogP contribution in [0.4, 0.5) is 0 Å². The summed E-state index contributed by atoms with van der Waals surface area (Å²) in [6.45, 7) is 1.94. The van der Waals surface area contributed by atoms with Crippen LogP contribution < -0.4 is 5.73 Å². The third-order valence-corrected chi connectivity index (χ3v) is 2.24. The van der Waals surface area contributed by atoms with E-state index in [4.69, 9.17) is 5.73 Å². The molecule has 0 unspecified atom stereocenters. The van der Waals surface area contributed by atoms with Crippen molar-refractivity contribution in [3.8, 4) is 5.75 Å². The molecule has 0 fully saturated rings. The molecule has 0 aliphatic rings. The number of nitrogens with two attached hydrogens (primary N) is 1. The molecular formula is C9H12BrNO. The molecule has 0 saturated heterocycles. The zero-order chi connectivity index (χ0) is 9.14. The molecule has 12 heavy (non-hydrogen) atoms. The second-order valence-electron chi connectivity index (χ2n) is 2.97. The highest BCUT2D eigenvalue weighted by Crippen LogP contribution is 2.24. The molecule has 0 aromatic heterocycles. The van der Waals surface area contributed by atoms with Crippen LogP contribution in [0.5, 0.6) is 5.75 Å². The van der Waals surface area contributed by atoms with Crippen LogP contribution in [-0.2, 0) is 6.42 Å². The second-order valence-corrected chi connectivity index (χ2v) is 3.82. The minimum atomic E-state index is 0.130. The predicted molar refractivity (Wildman–Crippen MR) is 53.2 cm³/mol. The van der Waals surface area contributed by atoms with Crippen LogP contribution in [0.1, 0.15) is 12.5 Å². The number of benzene rings is 1. The quantitative estimate of drug-likeness (QED) is 0.816. The van der Waals surface area contributed by atoms with Gasteiger partial charge in [-0.05, 0) is 47.0 Å². The SMILES string of the molecule is C[C@@H](N)Cc1ccc(Br)c(O)c1. The summed E-state index contributed by atoms with van der Waals surface area (Å²) in [5.41, 5.74) is 6.68. The third-order valence-electron chi connectivity index (χ3n) is 1.57. The monoisotopic (exact) mass is 229 g/mol. The van der Waals surface area contributed by atoms with Crippen LogP contribution in [0.2, 0.25) is 0 Å². The number of aromatic hydroxyl groups is 1. The lowest BCUT2D eigenvalue weighted by molar-refractivity contribution is 0.471. The topological polar surface area (TPSA) is 46.2 Å². The maximum Gasteiger partial charge on any atom is 0.130 e. The molecule has 0 aliphatic heterocycles. The normalized spacial score (nSPS) is 12.9. The molecule has 66 valence electrons. The molecule has 0 radical (unpaired) electrons. The molecule has 1 rings (SSSR count). The van der Waals surface area contributed by atoms with E-state index in [2.05, 4.69) is 15.9 Å². The van der Waals surface area contributed by atoms with Crippen LogP contribution in [0.25, 0.3) is 0 Å². The van der Waals surface area contributed by atoms with Crippen molar-refractivity contribution in [1.29, 1.82) is 0 Å². The Morgan fingerprint density at radius 1 is 1.58 bits per heavy atom. The summed E-state index contributed by atoms with van der Waals surface area (Å²) in [5.74, 6) is 0.271. The van der Waals surface area contributed by atoms with Crippen molar-refractivity contribution in [2.24, 2.45) is 5.73 Å². The lowest BCUT2D eigenvalue weighted by atomic mass is 10.1. The Kier molecular flexibility index (Phi) is 3.12. The van der Waals surface area contributed by atoms with Crippen molar-refractivity contribution in [2.45, 2.75) is 19.4 Å². The standard InChI is InChI=1S/C9H12BrNO/c1-6(11)4-7-2-3-8(10)9(12)5-7/h2-3,5-6,12H,4,11H2,1H3/t6-/m1/s1. The van der Waals surface area contributed by atoms with E-state index in [1.165, 1.54) is 0 Å². The van der Waals surface area contributed by atoms with E-state index in [1.807, 2.05) is 19.1 Å². The Bertz CT molecular complexity index is 273. The number of hydrogen-bond acceptors (Lipinski definition) is 2. The molecule has 3 N–H and O–H groups in total. The molecule has 1 atom stereocenters. The highest BCUT2D eigenvalue weighted by molar-refractivity contribution is 9.10. The van der Waals surface area contributed by atoms with Crippen LogP contribution in [0.15, 0.2) is 22.7 Å². The summed E-state index contributed by atoms with van der Waals surface area (Å²) in [5, 5.41) is 9.33. The average molecular weight is 230 g/mol. The summed E-state index contributed by atoms with van der Waals surface area (Å²) in [6.07, 6.45) is 0.792. The summed E-state index contributed by atoms with van der Waals surface area (Å²) in [6, 6.07) is 5.64. The highest BCUT2D eigenvalue weighted by atomic mass is 79.9. The molecule has 0 spiro atoms. The molecular weight excluding hydrogens is 218 g/mol. The van der Waals surface area contributed by atoms with Gasteiger partial charge in [0.05, 0.1) is 4.47 Å². The first-order chi connectivity index (χ1) is 5.59. The second kappa shape index (κ2) is 3.92. The Hall–Kier alpha value is -0.540. The highest BCUT2D eigenvalue weighted by Gasteiger charge is 2.01. The molecule has 0 heterocycles. The fraction of sp³-hybridized carbons (Fsp3) is 0.333. The van der Waals surface area contributed by atoms with Gasteiger partial charge in [0.15, 0.2) is 0 Å². The van der Waals surface area contributed by atoms with Crippen LogP contribution in [0, 0.1) is 0 Å². The first-order valence-corrected chi connectivity index (χ1v) is 4.62. The summed E-state index contributed by atoms with van der Waals surface area (Å²) in [4.78, 5) is 0. The van der Waals surface area contributed by atoms with Crippen molar-refractivity contribution in [3.05, 3.63) is 28.2 Å². The van der Waals surface area contributed by atoms with E-state index in [0.717, 1.165) is 16.5 Å². The number of hydrogen-bond donors (Lipinski definition) is 2. The summed E-state index contributed by atoms with van der Waals surface area (Å²) in [7, 11) is 0. The van der Waals surface area contributed by atoms with E-state index in [9.17, 15) is 5.11 Å². The Balaban J connectivity index is 2.82. The summed E-state index contributed by atoms with van der Waals surface area (Å²) >= 11 is 3.21. The Labute approximate surface area is 80.5 Å². The first-order valence-electron chi connectivity index (χ1n) is 3.82. The van der Waals surface area contributed by atoms with Gasteiger partial charge in [-0.1, -0.05) is 6.07 Å². The van der Waals surface area contributed by atoms with Gasteiger partial charge >= 0.3 is 0 Å². The van der Waals surface area contributed by atoms with Crippen molar-refractivity contribution in [1.82, 2.24) is 0 Å². The van der Waals surface area contributed by atoms with Gasteiger partial charge in [-0.25, -0.2) is 0 Å². The smallest absolute Gasteiger partial charge is 0.130 e. The molecule has 0 saturated carbocycles. The number of phenols is 1. The average Bonchev–Trinajstić information content (AvgIpc) is 1.96. The zero-order valence-electron chi connectivity index (χ0n) is 6.92. The Morgan fingerprint density at radius 3 is 2.75 bits per heavy atom. The number of rotatable bonds is 2. The maximum absolute atomic E-state index is 9.33. The fourth-order valence-corrected chi connectivity index (χ4v) is 1.30. The van der Waals surface area contributed by atoms with E-state index >= 15 is 0 Å². The van der Waals surface area contributed by atoms with Gasteiger partial charge < -0.3 is 10.8 Å². The van der Waals surface area contributed by atoms with Gasteiger partial charge in [-0.3, -0.25) is 0 Å². The minimum absolute atomic E-state index is 0.130. The number of phenolic OH excluding ortho intramolecular Hbond substituents is 1. The predicted octanol–water partition coefficient (Wildman–Crippen LogP) is 2.04. The van der Waals surface area contributed by atoms with E-state index in [0.29, 0.717) is 0 Å². The third kappa shape index (κ3) is 2.50. The van der Waals surface area contributed by atoms with E-state index in [1.54, 1.807) is 6.07 Å². The molecule has 0 aliphatic carbocycles. The molecule has 0 bridgehead atoms. The van der Waals surface area contributed by atoms with E-state index < -0.39 is 0 Å². The van der Waals surface area contributed by atoms with Gasteiger partial charge in [0.25, 0.3) is 0 Å². The molecule has 0 amide bonds. The van der Waals surface area contributed by atoms with Gasteiger partial charge in [0.1, 0.15) is 5.75 Å². The zero-order valence-corrected chi connectivity index (χ0v) is 8.51. The molecule has 2 nitrogen and oxygen atoms in total. The fourth-order valence-electron chi connectivity index (χ4n) is 1.06. The van der Waals surface area contributed by atoms with Gasteiger partial charge in [0.2, 0.25) is 0 Å². The molecule has 1 aromatic rings. The Morgan fingerprint density at radius 2 is 2.25 bits per heavy atom. The van der Waals surface area contributed by atoms with Crippen molar-refractivity contribution < 1.29 is 5.11 Å². The largest absolute Gasteiger partial charge is 0.507 e. The van der Waals surface area contributed by atoms with Crippen LogP contribution in [0.3, 0.4) is 0 Å². The van der Waals surface area contributed by atoms with E-state index in [-0.39, 0.29) is 11.8 Å². The first kappa shape index (κ1) is 9.55. The van der Waals surface area contributed by atoms with Gasteiger partial charge in [-0.2, -0.15) is 0 Å². The van der Waals surface area contributed by atoms with Gasteiger partial charge in [-0.15, -0.1) is 0 Å². The maximum atomic E-state index is 9.33. The molecule has 3 heteroatoms. The minimum Gasteiger partial charge on any atom is -0.507 e. The van der Waals surface area contributed by atoms with Gasteiger partial charge in [0, 0.05) is 6.04 Å².